The van der Waals surface area contributed by atoms with E-state index in [-0.39, 0.29) is 24.3 Å². The van der Waals surface area contributed by atoms with E-state index in [2.05, 4.69) is 16.8 Å². The number of carboxylic acids is 2. The number of aromatic nitrogens is 1. The zero-order valence-corrected chi connectivity index (χ0v) is 18.8. The van der Waals surface area contributed by atoms with Crippen molar-refractivity contribution in [2.45, 2.75) is 31.8 Å². The van der Waals surface area contributed by atoms with Gasteiger partial charge in [-0.25, -0.2) is 0 Å². The highest BCUT2D eigenvalue weighted by Gasteiger charge is 2.26. The maximum absolute atomic E-state index is 9.99. The van der Waals surface area contributed by atoms with Gasteiger partial charge in [0.2, 0.25) is 5.69 Å². The van der Waals surface area contributed by atoms with E-state index in [4.69, 9.17) is 25.4 Å². The van der Waals surface area contributed by atoms with Crippen LogP contribution in [0.4, 0.5) is 0 Å². The molecule has 2 heterocycles. The predicted molar refractivity (Wildman–Crippen MR) is 122 cm³/mol. The van der Waals surface area contributed by atoms with Crippen molar-refractivity contribution in [1.82, 2.24) is 0 Å². The van der Waals surface area contributed by atoms with Crippen molar-refractivity contribution >= 4 is 22.7 Å². The van der Waals surface area contributed by atoms with Gasteiger partial charge in [-0.3, -0.25) is 9.59 Å². The lowest BCUT2D eigenvalue weighted by Crippen LogP contribution is -2.40. The van der Waals surface area contributed by atoms with Crippen molar-refractivity contribution in [3.8, 4) is 34.3 Å². The molecule has 4 rings (SSSR count). The molecule has 1 aliphatic rings. The molecular weight excluding hydrogens is 444 g/mol. The van der Waals surface area contributed by atoms with Crippen LogP contribution in [0.5, 0.6) is 23.0 Å². The highest BCUT2D eigenvalue weighted by molar-refractivity contribution is 5.91. The van der Waals surface area contributed by atoms with Gasteiger partial charge in [0.15, 0.2) is 35.7 Å². The van der Waals surface area contributed by atoms with Gasteiger partial charge in [-0.1, -0.05) is 0 Å². The summed E-state index contributed by atoms with van der Waals surface area (Å²) in [5, 5.41) is 37.9. The Labute approximate surface area is 195 Å². The molecule has 0 saturated carbocycles. The van der Waals surface area contributed by atoms with Crippen LogP contribution < -0.4 is 19.8 Å². The van der Waals surface area contributed by atoms with Crippen LogP contribution in [0.1, 0.15) is 18.4 Å². The Morgan fingerprint density at radius 3 is 2.41 bits per heavy atom. The Balaban J connectivity index is 0.000000277. The van der Waals surface area contributed by atoms with Gasteiger partial charge in [0, 0.05) is 18.9 Å². The summed E-state index contributed by atoms with van der Waals surface area (Å²) in [4.78, 5) is 19.9. The number of nitrogens with two attached hydrogens (primary N) is 1. The van der Waals surface area contributed by atoms with E-state index in [0.717, 1.165) is 40.6 Å². The number of rotatable bonds is 6. The van der Waals surface area contributed by atoms with Gasteiger partial charge in [-0.05, 0) is 41.6 Å². The van der Waals surface area contributed by atoms with E-state index in [0.29, 0.717) is 11.5 Å². The number of hydrogen-bond donors (Lipinski definition) is 5. The summed E-state index contributed by atoms with van der Waals surface area (Å²) in [6.07, 6.45) is 2.62. The normalized spacial score (nSPS) is 12.6. The lowest BCUT2D eigenvalue weighted by Gasteiger charge is -2.17. The van der Waals surface area contributed by atoms with Crippen molar-refractivity contribution in [2.24, 2.45) is 5.73 Å². The smallest absolute Gasteiger partial charge is 0.320 e. The maximum Gasteiger partial charge on any atom is 0.320 e. The van der Waals surface area contributed by atoms with Crippen LogP contribution in [0.15, 0.2) is 36.5 Å². The van der Waals surface area contributed by atoms with Crippen LogP contribution in [-0.2, 0) is 22.6 Å². The molecule has 0 saturated heterocycles. The molecule has 1 atom stereocenters. The van der Waals surface area contributed by atoms with Crippen molar-refractivity contribution in [1.29, 1.82) is 0 Å². The molecule has 6 N–H and O–H groups in total. The molecular formula is C24H27N2O8+. The van der Waals surface area contributed by atoms with Gasteiger partial charge in [0.25, 0.3) is 0 Å². The van der Waals surface area contributed by atoms with Crippen molar-refractivity contribution in [3.05, 3.63) is 42.1 Å². The second-order valence-corrected chi connectivity index (χ2v) is 7.78. The Morgan fingerprint density at radius 1 is 1.09 bits per heavy atom. The summed E-state index contributed by atoms with van der Waals surface area (Å²) in [7, 11) is 3.26. The first-order chi connectivity index (χ1) is 16.2. The molecule has 1 aliphatic heterocycles. The van der Waals surface area contributed by atoms with Crippen LogP contribution in [0.2, 0.25) is 0 Å². The first-order valence-electron chi connectivity index (χ1n) is 10.5. The number of aromatic hydroxyl groups is 2. The van der Waals surface area contributed by atoms with Crippen molar-refractivity contribution < 1.29 is 44.1 Å². The van der Waals surface area contributed by atoms with Crippen LogP contribution in [0.25, 0.3) is 22.0 Å². The molecule has 0 amide bonds. The summed E-state index contributed by atoms with van der Waals surface area (Å²) >= 11 is 0. The average molecular weight is 471 g/mol. The number of aliphatic carboxylic acids is 2. The maximum atomic E-state index is 9.99. The lowest BCUT2D eigenvalue weighted by atomic mass is 9.95. The number of ether oxygens (including phenoxy) is 2. The summed E-state index contributed by atoms with van der Waals surface area (Å²) in [5.74, 6) is -0.962. The highest BCUT2D eigenvalue weighted by Crippen LogP contribution is 2.39. The van der Waals surface area contributed by atoms with Gasteiger partial charge in [-0.15, -0.1) is 0 Å². The second kappa shape index (κ2) is 10.3. The van der Waals surface area contributed by atoms with E-state index >= 15 is 0 Å². The van der Waals surface area contributed by atoms with Gasteiger partial charge < -0.3 is 35.6 Å². The third kappa shape index (κ3) is 5.12. The lowest BCUT2D eigenvalue weighted by molar-refractivity contribution is -0.686. The fourth-order valence-electron chi connectivity index (χ4n) is 3.81. The first kappa shape index (κ1) is 24.6. The number of phenols is 2. The molecule has 10 nitrogen and oxygen atoms in total. The zero-order chi connectivity index (χ0) is 25.0. The molecule has 0 bridgehead atoms. The molecule has 1 unspecified atom stereocenters. The number of hydrogen-bond acceptors (Lipinski definition) is 7. The second-order valence-electron chi connectivity index (χ2n) is 7.78. The molecule has 34 heavy (non-hydrogen) atoms. The largest absolute Gasteiger partial charge is 0.504 e. The Bertz CT molecular complexity index is 1240. The van der Waals surface area contributed by atoms with E-state index in [1.807, 2.05) is 12.1 Å². The van der Waals surface area contributed by atoms with E-state index in [1.165, 1.54) is 0 Å². The summed E-state index contributed by atoms with van der Waals surface area (Å²) in [5.41, 5.74) is 7.98. The minimum Gasteiger partial charge on any atom is -0.504 e. The molecule has 10 heteroatoms. The number of pyridine rings is 1. The topological polar surface area (TPSA) is 163 Å². The SMILES string of the molecule is COc1ccc2cc3[n+](cc2c1OC)CCc1cc(O)c(O)cc1-3.NC(CCC(=O)O)C(=O)O. The first-order valence-corrected chi connectivity index (χ1v) is 10.5. The zero-order valence-electron chi connectivity index (χ0n) is 18.8. The quantitative estimate of drug-likeness (QED) is 0.267. The van der Waals surface area contributed by atoms with Crippen molar-refractivity contribution in [2.75, 3.05) is 14.2 Å². The van der Waals surface area contributed by atoms with Crippen LogP contribution in [-0.4, -0.2) is 52.6 Å². The molecule has 1 aromatic heterocycles. The fraction of sp³-hybridized carbons (Fsp3) is 0.292. The minimum absolute atomic E-state index is 0.0231. The molecule has 2 aromatic carbocycles. The summed E-state index contributed by atoms with van der Waals surface area (Å²) in [6, 6.07) is 8.17. The van der Waals surface area contributed by atoms with E-state index in [1.54, 1.807) is 26.4 Å². The van der Waals surface area contributed by atoms with Crippen LogP contribution in [0, 0.1) is 0 Å². The summed E-state index contributed by atoms with van der Waals surface area (Å²) in [6.45, 7) is 0.794. The summed E-state index contributed by atoms with van der Waals surface area (Å²) < 4.78 is 13.1. The highest BCUT2D eigenvalue weighted by atomic mass is 16.5. The van der Waals surface area contributed by atoms with Gasteiger partial charge >= 0.3 is 11.9 Å². The standard InChI is InChI=1S/C19H17NO4.C5H9NO4/c1-23-18-4-3-11-7-15-13-9-17(22)16(21)8-12(13)5-6-20(15)10-14(11)19(18)24-2;6-3(5(9)10)1-2-4(7)8/h3-4,7-10,22H,5-6H2,1-2H3;3H,1-2,6H2,(H,7,8)(H,9,10)/p+1. The molecule has 0 aliphatic carbocycles. The average Bonchev–Trinajstić information content (AvgIpc) is 2.81. The predicted octanol–water partition coefficient (Wildman–Crippen LogP) is 2.04. The number of benzene rings is 2. The molecule has 180 valence electrons. The monoisotopic (exact) mass is 471 g/mol. The van der Waals surface area contributed by atoms with E-state index < -0.39 is 18.0 Å². The third-order valence-electron chi connectivity index (χ3n) is 5.59. The Hall–Kier alpha value is -4.05. The van der Waals surface area contributed by atoms with Crippen molar-refractivity contribution in [3.63, 3.8) is 0 Å². The number of carbonyl (C=O) groups is 2. The number of aryl methyl sites for hydroxylation is 2. The number of nitrogens with zero attached hydrogens (tertiary/aromatic N) is 1. The number of phenolic OH excluding ortho intramolecular Hbond substituents is 2. The molecule has 0 spiro atoms. The Morgan fingerprint density at radius 2 is 1.79 bits per heavy atom. The molecule has 3 aromatic rings. The van der Waals surface area contributed by atoms with E-state index in [9.17, 15) is 19.8 Å². The number of carboxylic acid groups (broad SMARTS) is 2. The number of methoxy groups -OCH3 is 2. The van der Waals surface area contributed by atoms with Gasteiger partial charge in [-0.2, -0.15) is 4.57 Å². The Kier molecular flexibility index (Phi) is 7.42. The fourth-order valence-corrected chi connectivity index (χ4v) is 3.81. The van der Waals surface area contributed by atoms with Gasteiger partial charge in [0.1, 0.15) is 6.04 Å². The van der Waals surface area contributed by atoms with Crippen LogP contribution in [0.3, 0.4) is 0 Å². The molecule has 0 fully saturated rings. The third-order valence-corrected chi connectivity index (χ3v) is 5.59. The van der Waals surface area contributed by atoms with Crippen LogP contribution >= 0.6 is 0 Å². The van der Waals surface area contributed by atoms with Gasteiger partial charge in [0.05, 0.1) is 25.2 Å². The minimum atomic E-state index is -1.17. The molecule has 0 radical (unpaired) electrons. The number of fused-ring (bicyclic) bond motifs is 4.